The molecule has 0 saturated heterocycles. The van der Waals surface area contributed by atoms with Crippen LogP contribution in [0.4, 0.5) is 0 Å². The Morgan fingerprint density at radius 2 is 0.644 bits per heavy atom. The van der Waals surface area contributed by atoms with Crippen molar-refractivity contribution in [2.75, 3.05) is 13.2 Å². The molecule has 6 heteroatoms. The van der Waals surface area contributed by atoms with E-state index < -0.39 is 12.1 Å². The van der Waals surface area contributed by atoms with Gasteiger partial charge in [-0.15, -0.1) is 0 Å². The molecular weight excluding hydrogens is 899 g/mol. The normalized spacial score (nSPS) is 12.5. The monoisotopic (exact) mass is 1030 g/mol. The van der Waals surface area contributed by atoms with Crippen LogP contribution in [0, 0.1) is 0 Å². The maximum absolute atomic E-state index is 12.5. The Kier molecular flexibility index (Phi) is 61.9. The van der Waals surface area contributed by atoms with Gasteiger partial charge in [0.15, 0.2) is 0 Å². The number of unbranched alkanes of at least 4 members (excludes halogenated alkanes) is 50. The quantitative estimate of drug-likeness (QED) is 0.0320. The third-order valence-corrected chi connectivity index (χ3v) is 15.8. The average Bonchev–Trinajstić information content (AvgIpc) is 3.39. The summed E-state index contributed by atoms with van der Waals surface area (Å²) in [6, 6.07) is -0.544. The highest BCUT2D eigenvalue weighted by Crippen LogP contribution is 2.19. The minimum atomic E-state index is -0.666. The van der Waals surface area contributed by atoms with Crippen LogP contribution < -0.4 is 5.32 Å². The number of rotatable bonds is 63. The van der Waals surface area contributed by atoms with Gasteiger partial charge in [-0.1, -0.05) is 328 Å². The van der Waals surface area contributed by atoms with Gasteiger partial charge < -0.3 is 20.3 Å². The number of amides is 1. The molecule has 0 heterocycles. The summed E-state index contributed by atoms with van der Waals surface area (Å²) in [6.45, 7) is 4.98. The van der Waals surface area contributed by atoms with Crippen molar-refractivity contribution >= 4 is 11.9 Å². The third kappa shape index (κ3) is 59.7. The van der Waals surface area contributed by atoms with E-state index in [0.29, 0.717) is 25.9 Å². The van der Waals surface area contributed by atoms with Crippen LogP contribution in [0.2, 0.25) is 0 Å². The van der Waals surface area contributed by atoms with E-state index in [2.05, 4.69) is 31.3 Å². The second-order valence-electron chi connectivity index (χ2n) is 23.2. The van der Waals surface area contributed by atoms with Gasteiger partial charge in [0, 0.05) is 12.8 Å². The molecule has 434 valence electrons. The first kappa shape index (κ1) is 71.6. The minimum absolute atomic E-state index is 0.00985. The van der Waals surface area contributed by atoms with Gasteiger partial charge in [-0.2, -0.15) is 0 Å². The van der Waals surface area contributed by atoms with Crippen LogP contribution in [0.25, 0.3) is 0 Å². The van der Waals surface area contributed by atoms with E-state index in [1.54, 1.807) is 0 Å². The lowest BCUT2D eigenvalue weighted by Gasteiger charge is -2.22. The van der Waals surface area contributed by atoms with Crippen molar-refractivity contribution in [2.24, 2.45) is 0 Å². The lowest BCUT2D eigenvalue weighted by atomic mass is 10.0. The van der Waals surface area contributed by atoms with Crippen LogP contribution in [0.15, 0.2) is 12.2 Å². The summed E-state index contributed by atoms with van der Waals surface area (Å²) < 4.78 is 5.50. The van der Waals surface area contributed by atoms with E-state index in [1.165, 1.54) is 302 Å². The number of carbonyl (C=O) groups is 2. The molecule has 2 atom stereocenters. The molecule has 1 amide bonds. The number of hydrogen-bond acceptors (Lipinski definition) is 5. The standard InChI is InChI=1S/C67H131NO5/c1-3-5-7-9-11-13-15-17-19-21-24-29-33-37-41-45-49-53-57-61-67(72)73-62-58-54-50-46-42-38-34-30-26-23-25-28-32-36-40-44-48-52-56-60-66(71)68-64(63-69)65(70)59-55-51-47-43-39-35-31-27-22-20-18-16-14-12-10-8-6-4-2/h17,19,64-65,69-70H,3-16,18,20-63H2,1-2H3,(H,68,71)/b19-17-. The highest BCUT2D eigenvalue weighted by Gasteiger charge is 2.20. The summed E-state index contributed by atoms with van der Waals surface area (Å²) in [4.78, 5) is 24.6. The van der Waals surface area contributed by atoms with Crippen molar-refractivity contribution in [1.82, 2.24) is 5.32 Å². The first-order valence-corrected chi connectivity index (χ1v) is 33.4. The summed E-state index contributed by atoms with van der Waals surface area (Å²) >= 11 is 0. The Morgan fingerprint density at radius 3 is 0.973 bits per heavy atom. The fourth-order valence-electron chi connectivity index (χ4n) is 10.7. The molecule has 73 heavy (non-hydrogen) atoms. The number of nitrogens with one attached hydrogen (secondary N) is 1. The zero-order valence-corrected chi connectivity index (χ0v) is 49.6. The van der Waals surface area contributed by atoms with E-state index in [9.17, 15) is 19.8 Å². The molecule has 0 aliphatic rings. The van der Waals surface area contributed by atoms with E-state index in [1.807, 2.05) is 0 Å². The molecule has 3 N–H and O–H groups in total. The van der Waals surface area contributed by atoms with Crippen LogP contribution in [-0.4, -0.2) is 47.4 Å². The molecule has 0 aromatic rings. The predicted molar refractivity (Wildman–Crippen MR) is 320 cm³/mol. The van der Waals surface area contributed by atoms with E-state index in [0.717, 1.165) is 44.9 Å². The third-order valence-electron chi connectivity index (χ3n) is 15.8. The van der Waals surface area contributed by atoms with Crippen molar-refractivity contribution in [3.63, 3.8) is 0 Å². The van der Waals surface area contributed by atoms with Crippen LogP contribution in [0.1, 0.15) is 380 Å². The number of hydrogen-bond donors (Lipinski definition) is 3. The maximum atomic E-state index is 12.5. The molecule has 0 spiro atoms. The van der Waals surface area contributed by atoms with Gasteiger partial charge in [-0.3, -0.25) is 9.59 Å². The van der Waals surface area contributed by atoms with Crippen molar-refractivity contribution in [3.05, 3.63) is 12.2 Å². The second kappa shape index (κ2) is 63.1. The minimum Gasteiger partial charge on any atom is -0.466 e. The fourth-order valence-corrected chi connectivity index (χ4v) is 10.7. The summed E-state index contributed by atoms with van der Waals surface area (Å²) in [6.07, 6.45) is 76.6. The van der Waals surface area contributed by atoms with Gasteiger partial charge in [-0.25, -0.2) is 0 Å². The molecule has 0 aromatic heterocycles. The Bertz CT molecular complexity index is 1100. The van der Waals surface area contributed by atoms with Gasteiger partial charge in [-0.05, 0) is 51.4 Å². The Morgan fingerprint density at radius 1 is 0.370 bits per heavy atom. The number of esters is 1. The molecule has 0 aromatic carbocycles. The lowest BCUT2D eigenvalue weighted by molar-refractivity contribution is -0.143. The van der Waals surface area contributed by atoms with Crippen molar-refractivity contribution in [2.45, 2.75) is 392 Å². The highest BCUT2D eigenvalue weighted by molar-refractivity contribution is 5.76. The lowest BCUT2D eigenvalue weighted by Crippen LogP contribution is -2.45. The average molecular weight is 1030 g/mol. The maximum Gasteiger partial charge on any atom is 0.305 e. The van der Waals surface area contributed by atoms with Gasteiger partial charge in [0.05, 0.1) is 25.4 Å². The summed E-state index contributed by atoms with van der Waals surface area (Å²) in [7, 11) is 0. The van der Waals surface area contributed by atoms with Gasteiger partial charge in [0.1, 0.15) is 0 Å². The SMILES string of the molecule is CCCCCCCC/C=C\CCCCCCCCCCCC(=O)OCCCCCCCCCCCCCCCCCCCCCC(=O)NC(CO)C(O)CCCCCCCCCCCCCCCCCCCC. The Balaban J connectivity index is 3.38. The van der Waals surface area contributed by atoms with Crippen LogP contribution >= 0.6 is 0 Å². The number of aliphatic hydroxyl groups is 2. The molecule has 0 fully saturated rings. The van der Waals surface area contributed by atoms with Crippen molar-refractivity contribution in [3.8, 4) is 0 Å². The van der Waals surface area contributed by atoms with E-state index in [-0.39, 0.29) is 18.5 Å². The summed E-state index contributed by atoms with van der Waals surface area (Å²) in [5.41, 5.74) is 0. The van der Waals surface area contributed by atoms with Crippen LogP contribution in [-0.2, 0) is 14.3 Å². The van der Waals surface area contributed by atoms with E-state index in [4.69, 9.17) is 4.74 Å². The van der Waals surface area contributed by atoms with Crippen LogP contribution in [0.3, 0.4) is 0 Å². The molecule has 0 radical (unpaired) electrons. The number of aliphatic hydroxyl groups excluding tert-OH is 2. The highest BCUT2D eigenvalue weighted by atomic mass is 16.5. The zero-order valence-electron chi connectivity index (χ0n) is 49.6. The molecule has 0 bridgehead atoms. The predicted octanol–water partition coefficient (Wildman–Crippen LogP) is 21.2. The number of allylic oxidation sites excluding steroid dienone is 2. The second-order valence-corrected chi connectivity index (χ2v) is 23.2. The largest absolute Gasteiger partial charge is 0.466 e. The Labute approximate surface area is 457 Å². The molecule has 0 aliphatic heterocycles. The van der Waals surface area contributed by atoms with Crippen LogP contribution in [0.5, 0.6) is 0 Å². The van der Waals surface area contributed by atoms with Crippen molar-refractivity contribution < 1.29 is 24.5 Å². The van der Waals surface area contributed by atoms with Gasteiger partial charge >= 0.3 is 5.97 Å². The number of carbonyl (C=O) groups excluding carboxylic acids is 2. The first-order valence-electron chi connectivity index (χ1n) is 33.4. The molecular formula is C67H131NO5. The summed E-state index contributed by atoms with van der Waals surface area (Å²) in [5, 5.41) is 23.4. The topological polar surface area (TPSA) is 95.9 Å². The molecule has 0 saturated carbocycles. The zero-order chi connectivity index (χ0) is 52.9. The molecule has 0 aliphatic carbocycles. The van der Waals surface area contributed by atoms with Crippen molar-refractivity contribution in [1.29, 1.82) is 0 Å². The van der Waals surface area contributed by atoms with Gasteiger partial charge in [0.2, 0.25) is 5.91 Å². The first-order chi connectivity index (χ1) is 36.0. The fraction of sp³-hybridized carbons (Fsp3) is 0.940. The smallest absolute Gasteiger partial charge is 0.305 e. The molecule has 0 rings (SSSR count). The number of ether oxygens (including phenoxy) is 1. The summed E-state index contributed by atoms with van der Waals surface area (Å²) in [5.74, 6) is -0.0241. The molecule has 2 unspecified atom stereocenters. The van der Waals surface area contributed by atoms with E-state index >= 15 is 0 Å². The Hall–Kier alpha value is -1.40. The van der Waals surface area contributed by atoms with Gasteiger partial charge in [0.25, 0.3) is 0 Å². The molecule has 6 nitrogen and oxygen atoms in total.